The number of ketones is 1. The molecule has 0 aliphatic carbocycles. The van der Waals surface area contributed by atoms with Gasteiger partial charge in [0.2, 0.25) is 5.89 Å². The van der Waals surface area contributed by atoms with Crippen molar-refractivity contribution < 1.29 is 9.21 Å². The SMILES string of the molecule is CC(=O)Cc1nc2cc(Br)ccc2o1. The molecule has 14 heavy (non-hydrogen) atoms. The Labute approximate surface area is 89.3 Å². The van der Waals surface area contributed by atoms with E-state index in [1.807, 2.05) is 18.2 Å². The Bertz CT molecular complexity index is 490. The second kappa shape index (κ2) is 3.53. The molecule has 1 heterocycles. The van der Waals surface area contributed by atoms with Crippen LogP contribution in [0.4, 0.5) is 0 Å². The summed E-state index contributed by atoms with van der Waals surface area (Å²) in [5.41, 5.74) is 1.49. The lowest BCUT2D eigenvalue weighted by molar-refractivity contribution is -0.116. The van der Waals surface area contributed by atoms with Gasteiger partial charge in [-0.15, -0.1) is 0 Å². The highest BCUT2D eigenvalue weighted by atomic mass is 79.9. The zero-order valence-corrected chi connectivity index (χ0v) is 9.17. The van der Waals surface area contributed by atoms with E-state index >= 15 is 0 Å². The molecular weight excluding hydrogens is 246 g/mol. The lowest BCUT2D eigenvalue weighted by atomic mass is 10.3. The van der Waals surface area contributed by atoms with Crippen molar-refractivity contribution in [2.75, 3.05) is 0 Å². The van der Waals surface area contributed by atoms with Crippen molar-refractivity contribution in [2.45, 2.75) is 13.3 Å². The molecule has 0 radical (unpaired) electrons. The van der Waals surface area contributed by atoms with Crippen LogP contribution in [0.3, 0.4) is 0 Å². The summed E-state index contributed by atoms with van der Waals surface area (Å²) in [6, 6.07) is 5.57. The standard InChI is InChI=1S/C10H8BrNO2/c1-6(13)4-10-12-8-5-7(11)2-3-9(8)14-10/h2-3,5H,4H2,1H3. The molecule has 0 spiro atoms. The van der Waals surface area contributed by atoms with Gasteiger partial charge in [-0.2, -0.15) is 0 Å². The Hall–Kier alpha value is -1.16. The molecular formula is C10H8BrNO2. The zero-order chi connectivity index (χ0) is 10.1. The summed E-state index contributed by atoms with van der Waals surface area (Å²) < 4.78 is 6.33. The highest BCUT2D eigenvalue weighted by Crippen LogP contribution is 2.20. The smallest absolute Gasteiger partial charge is 0.202 e. The Morgan fingerprint density at radius 3 is 3.07 bits per heavy atom. The topological polar surface area (TPSA) is 43.1 Å². The normalized spacial score (nSPS) is 10.7. The highest BCUT2D eigenvalue weighted by Gasteiger charge is 2.07. The molecule has 72 valence electrons. The van der Waals surface area contributed by atoms with Gasteiger partial charge in [-0.25, -0.2) is 4.98 Å². The molecule has 2 aromatic rings. The Kier molecular flexibility index (Phi) is 2.37. The molecule has 0 bridgehead atoms. The number of hydrogen-bond donors (Lipinski definition) is 0. The predicted octanol–water partition coefficient (Wildman–Crippen LogP) is 2.72. The molecule has 0 saturated heterocycles. The van der Waals surface area contributed by atoms with Crippen molar-refractivity contribution in [1.29, 1.82) is 0 Å². The van der Waals surface area contributed by atoms with Crippen LogP contribution in [0.5, 0.6) is 0 Å². The van der Waals surface area contributed by atoms with Crippen molar-refractivity contribution in [3.05, 3.63) is 28.6 Å². The quantitative estimate of drug-likeness (QED) is 0.827. The molecule has 1 aromatic heterocycles. The van der Waals surface area contributed by atoms with Gasteiger partial charge in [0.05, 0.1) is 6.42 Å². The molecule has 3 nitrogen and oxygen atoms in total. The summed E-state index contributed by atoms with van der Waals surface area (Å²) >= 11 is 3.34. The zero-order valence-electron chi connectivity index (χ0n) is 7.58. The first-order chi connectivity index (χ1) is 6.65. The van der Waals surface area contributed by atoms with Crippen molar-refractivity contribution >= 4 is 32.8 Å². The van der Waals surface area contributed by atoms with Crippen LogP contribution in [-0.4, -0.2) is 10.8 Å². The number of hydrogen-bond acceptors (Lipinski definition) is 3. The van der Waals surface area contributed by atoms with Crippen molar-refractivity contribution in [3.8, 4) is 0 Å². The molecule has 0 N–H and O–H groups in total. The number of nitrogens with zero attached hydrogens (tertiary/aromatic N) is 1. The van der Waals surface area contributed by atoms with Gasteiger partial charge in [0.25, 0.3) is 0 Å². The Morgan fingerprint density at radius 1 is 1.57 bits per heavy atom. The molecule has 0 unspecified atom stereocenters. The molecule has 0 aliphatic rings. The van der Waals surface area contributed by atoms with E-state index in [9.17, 15) is 4.79 Å². The molecule has 0 fully saturated rings. The van der Waals surface area contributed by atoms with Crippen molar-refractivity contribution in [3.63, 3.8) is 0 Å². The van der Waals surface area contributed by atoms with Gasteiger partial charge in [0, 0.05) is 4.47 Å². The number of carbonyl (C=O) groups is 1. The van der Waals surface area contributed by atoms with E-state index in [1.165, 1.54) is 6.92 Å². The van der Waals surface area contributed by atoms with Gasteiger partial charge in [-0.1, -0.05) is 15.9 Å². The van der Waals surface area contributed by atoms with Crippen LogP contribution < -0.4 is 0 Å². The van der Waals surface area contributed by atoms with Crippen molar-refractivity contribution in [2.24, 2.45) is 0 Å². The predicted molar refractivity (Wildman–Crippen MR) is 56.1 cm³/mol. The number of halogens is 1. The van der Waals surface area contributed by atoms with Gasteiger partial charge < -0.3 is 4.42 Å². The van der Waals surface area contributed by atoms with Gasteiger partial charge in [0.15, 0.2) is 5.58 Å². The highest BCUT2D eigenvalue weighted by molar-refractivity contribution is 9.10. The number of rotatable bonds is 2. The van der Waals surface area contributed by atoms with Crippen LogP contribution in [-0.2, 0) is 11.2 Å². The van der Waals surface area contributed by atoms with E-state index in [1.54, 1.807) is 0 Å². The Balaban J connectivity index is 2.46. The van der Waals surface area contributed by atoms with Crippen LogP contribution >= 0.6 is 15.9 Å². The fourth-order valence-corrected chi connectivity index (χ4v) is 1.59. The largest absolute Gasteiger partial charge is 0.440 e. The van der Waals surface area contributed by atoms with Gasteiger partial charge >= 0.3 is 0 Å². The van der Waals surface area contributed by atoms with Gasteiger partial charge in [0.1, 0.15) is 11.3 Å². The second-order valence-corrected chi connectivity index (χ2v) is 4.01. The average Bonchev–Trinajstić information content (AvgIpc) is 2.44. The third-order valence-electron chi connectivity index (χ3n) is 1.79. The fourth-order valence-electron chi connectivity index (χ4n) is 1.24. The number of aromatic nitrogens is 1. The van der Waals surface area contributed by atoms with Crippen LogP contribution in [0, 0.1) is 0 Å². The maximum absolute atomic E-state index is 10.8. The maximum atomic E-state index is 10.8. The fraction of sp³-hybridized carbons (Fsp3) is 0.200. The van der Waals surface area contributed by atoms with Crippen LogP contribution in [0.1, 0.15) is 12.8 Å². The van der Waals surface area contributed by atoms with E-state index in [2.05, 4.69) is 20.9 Å². The summed E-state index contributed by atoms with van der Waals surface area (Å²) in [5, 5.41) is 0. The molecule has 2 rings (SSSR count). The number of benzene rings is 1. The second-order valence-electron chi connectivity index (χ2n) is 3.10. The molecule has 0 saturated carbocycles. The van der Waals surface area contributed by atoms with Crippen LogP contribution in [0.2, 0.25) is 0 Å². The summed E-state index contributed by atoms with van der Waals surface area (Å²) in [5.74, 6) is 0.529. The van der Waals surface area contributed by atoms with Gasteiger partial charge in [-0.3, -0.25) is 4.79 Å². The van der Waals surface area contributed by atoms with E-state index < -0.39 is 0 Å². The van der Waals surface area contributed by atoms with Gasteiger partial charge in [-0.05, 0) is 25.1 Å². The van der Waals surface area contributed by atoms with Crippen molar-refractivity contribution in [1.82, 2.24) is 4.98 Å². The number of carbonyl (C=O) groups excluding carboxylic acids is 1. The van der Waals surface area contributed by atoms with E-state index in [4.69, 9.17) is 4.42 Å². The monoisotopic (exact) mass is 253 g/mol. The molecule has 0 amide bonds. The van der Waals surface area contributed by atoms with E-state index in [0.29, 0.717) is 11.5 Å². The maximum Gasteiger partial charge on any atom is 0.202 e. The minimum atomic E-state index is 0.0515. The summed E-state index contributed by atoms with van der Waals surface area (Å²) in [4.78, 5) is 15.0. The number of fused-ring (bicyclic) bond motifs is 1. The first kappa shape index (κ1) is 9.40. The van der Waals surface area contributed by atoms with Crippen LogP contribution in [0.15, 0.2) is 27.1 Å². The molecule has 0 atom stereocenters. The summed E-state index contributed by atoms with van der Waals surface area (Å²) in [7, 11) is 0. The first-order valence-electron chi connectivity index (χ1n) is 4.19. The van der Waals surface area contributed by atoms with Crippen LogP contribution in [0.25, 0.3) is 11.1 Å². The van der Waals surface area contributed by atoms with E-state index in [-0.39, 0.29) is 12.2 Å². The number of oxazole rings is 1. The Morgan fingerprint density at radius 2 is 2.36 bits per heavy atom. The lowest BCUT2D eigenvalue weighted by Crippen LogP contribution is -1.95. The number of Topliss-reactive ketones (excluding diaryl/α,β-unsaturated/α-hetero) is 1. The summed E-state index contributed by atoms with van der Waals surface area (Å²) in [6.45, 7) is 1.52. The summed E-state index contributed by atoms with van der Waals surface area (Å²) in [6.07, 6.45) is 0.256. The first-order valence-corrected chi connectivity index (χ1v) is 4.99. The van der Waals surface area contributed by atoms with E-state index in [0.717, 1.165) is 9.99 Å². The molecule has 0 aliphatic heterocycles. The third kappa shape index (κ3) is 1.85. The minimum Gasteiger partial charge on any atom is -0.440 e. The third-order valence-corrected chi connectivity index (χ3v) is 2.29. The average molecular weight is 254 g/mol. The molecule has 4 heteroatoms. The minimum absolute atomic E-state index is 0.0515. The molecule has 1 aromatic carbocycles. The lowest BCUT2D eigenvalue weighted by Gasteiger charge is -1.86.